The number of aryl methyl sites for hydroxylation is 1. The van der Waals surface area contributed by atoms with Gasteiger partial charge in [0.25, 0.3) is 17.3 Å². The molecule has 0 bridgehead atoms. The van der Waals surface area contributed by atoms with Crippen LogP contribution in [0.2, 0.25) is 0 Å². The van der Waals surface area contributed by atoms with Gasteiger partial charge in [0.1, 0.15) is 5.82 Å². The van der Waals surface area contributed by atoms with Gasteiger partial charge < -0.3 is 15.1 Å². The second-order valence-electron chi connectivity index (χ2n) is 6.75. The fourth-order valence-electron chi connectivity index (χ4n) is 3.20. The fraction of sp³-hybridized carbons (Fsp3) is 0.389. The molecule has 30 heavy (non-hydrogen) atoms. The molecular formula is C18H21N7O5. The topological polar surface area (TPSA) is 148 Å². The third kappa shape index (κ3) is 4.59. The summed E-state index contributed by atoms with van der Waals surface area (Å²) in [5.74, 6) is 0.806. The number of piperazine rings is 1. The van der Waals surface area contributed by atoms with Gasteiger partial charge in [0.2, 0.25) is 5.95 Å². The van der Waals surface area contributed by atoms with Gasteiger partial charge in [-0.1, -0.05) is 0 Å². The van der Waals surface area contributed by atoms with Crippen molar-refractivity contribution in [2.75, 3.05) is 42.9 Å². The van der Waals surface area contributed by atoms with Gasteiger partial charge in [0.15, 0.2) is 0 Å². The van der Waals surface area contributed by atoms with E-state index in [1.54, 1.807) is 0 Å². The lowest BCUT2D eigenvalue weighted by Crippen LogP contribution is -2.49. The Morgan fingerprint density at radius 3 is 2.17 bits per heavy atom. The van der Waals surface area contributed by atoms with E-state index in [1.165, 1.54) is 4.90 Å². The Morgan fingerprint density at radius 1 is 1.03 bits per heavy atom. The molecule has 1 saturated heterocycles. The van der Waals surface area contributed by atoms with Crippen molar-refractivity contribution in [1.29, 1.82) is 0 Å². The third-order valence-electron chi connectivity index (χ3n) is 4.64. The van der Waals surface area contributed by atoms with Crippen molar-refractivity contribution in [3.05, 3.63) is 55.8 Å². The summed E-state index contributed by atoms with van der Waals surface area (Å²) in [6.45, 7) is 6.24. The van der Waals surface area contributed by atoms with E-state index in [2.05, 4.69) is 15.3 Å². The third-order valence-corrected chi connectivity index (χ3v) is 4.64. The molecule has 1 fully saturated rings. The molecule has 0 aliphatic carbocycles. The first-order valence-corrected chi connectivity index (χ1v) is 9.36. The number of carbonyl (C=O) groups excluding carboxylic acids is 1. The van der Waals surface area contributed by atoms with Crippen LogP contribution in [-0.2, 0) is 0 Å². The first-order chi connectivity index (χ1) is 14.3. The molecular weight excluding hydrogens is 394 g/mol. The lowest BCUT2D eigenvalue weighted by Gasteiger charge is -2.35. The summed E-state index contributed by atoms with van der Waals surface area (Å²) in [6, 6.07) is 4.84. The Hall–Kier alpha value is -3.83. The van der Waals surface area contributed by atoms with Crippen LogP contribution >= 0.6 is 0 Å². The highest BCUT2D eigenvalue weighted by atomic mass is 16.6. The van der Waals surface area contributed by atoms with Gasteiger partial charge in [-0.15, -0.1) is 0 Å². The Bertz CT molecular complexity index is 957. The van der Waals surface area contributed by atoms with E-state index >= 15 is 0 Å². The van der Waals surface area contributed by atoms with Crippen LogP contribution in [0.15, 0.2) is 24.3 Å². The highest BCUT2D eigenvalue weighted by molar-refractivity contribution is 5.95. The standard InChI is InChI=1S/C18H21N7O5/c1-3-19-18-20-12(2)8-16(21-18)22-4-6-23(7-5-22)17(26)13-9-14(24(27)28)11-15(10-13)25(29)30/h8-11H,3-7H2,1-2H3,(H,19,20,21). The Labute approximate surface area is 171 Å². The molecule has 0 unspecified atom stereocenters. The van der Waals surface area contributed by atoms with E-state index in [9.17, 15) is 25.0 Å². The van der Waals surface area contributed by atoms with Gasteiger partial charge in [0, 0.05) is 56.6 Å². The van der Waals surface area contributed by atoms with Crippen LogP contribution in [0.25, 0.3) is 0 Å². The van der Waals surface area contributed by atoms with E-state index in [0.29, 0.717) is 38.7 Å². The van der Waals surface area contributed by atoms with Crippen molar-refractivity contribution in [2.45, 2.75) is 13.8 Å². The van der Waals surface area contributed by atoms with Crippen LogP contribution in [0.1, 0.15) is 23.0 Å². The summed E-state index contributed by atoms with van der Waals surface area (Å²) >= 11 is 0. The van der Waals surface area contributed by atoms with Crippen molar-refractivity contribution < 1.29 is 14.6 Å². The molecule has 158 valence electrons. The maximum atomic E-state index is 12.8. The highest BCUT2D eigenvalue weighted by Gasteiger charge is 2.26. The lowest BCUT2D eigenvalue weighted by molar-refractivity contribution is -0.394. The zero-order chi connectivity index (χ0) is 21.8. The number of aromatic nitrogens is 2. The van der Waals surface area contributed by atoms with Gasteiger partial charge in [0.05, 0.1) is 21.5 Å². The molecule has 12 nitrogen and oxygen atoms in total. The molecule has 0 radical (unpaired) electrons. The molecule has 0 saturated carbocycles. The predicted octanol–water partition coefficient (Wildman–Crippen LogP) is 2.00. The molecule has 1 N–H and O–H groups in total. The molecule has 2 aromatic rings. The van der Waals surface area contributed by atoms with Gasteiger partial charge in [-0.05, 0) is 13.8 Å². The van der Waals surface area contributed by atoms with Crippen LogP contribution in [0.4, 0.5) is 23.1 Å². The maximum absolute atomic E-state index is 12.8. The smallest absolute Gasteiger partial charge is 0.277 e. The van der Waals surface area contributed by atoms with Crippen LogP contribution in [0, 0.1) is 27.2 Å². The summed E-state index contributed by atoms with van der Waals surface area (Å²) < 4.78 is 0. The minimum absolute atomic E-state index is 0.0725. The average Bonchev–Trinajstić information content (AvgIpc) is 2.72. The fourth-order valence-corrected chi connectivity index (χ4v) is 3.20. The second-order valence-corrected chi connectivity index (χ2v) is 6.75. The SMILES string of the molecule is CCNc1nc(C)cc(N2CCN(C(=O)c3cc([N+](=O)[O-])cc([N+](=O)[O-])c3)CC2)n1. The molecule has 3 rings (SSSR count). The Morgan fingerprint density at radius 2 is 1.63 bits per heavy atom. The van der Waals surface area contributed by atoms with Crippen LogP contribution < -0.4 is 10.2 Å². The monoisotopic (exact) mass is 415 g/mol. The van der Waals surface area contributed by atoms with Crippen molar-refractivity contribution in [1.82, 2.24) is 14.9 Å². The molecule has 12 heteroatoms. The van der Waals surface area contributed by atoms with E-state index in [1.807, 2.05) is 24.8 Å². The van der Waals surface area contributed by atoms with E-state index < -0.39 is 27.1 Å². The number of nitrogens with one attached hydrogen (secondary N) is 1. The molecule has 1 amide bonds. The molecule has 0 atom stereocenters. The van der Waals surface area contributed by atoms with Crippen LogP contribution in [-0.4, -0.2) is 63.3 Å². The molecule has 0 spiro atoms. The summed E-state index contributed by atoms with van der Waals surface area (Å²) in [7, 11) is 0. The van der Waals surface area contributed by atoms with Gasteiger partial charge >= 0.3 is 0 Å². The number of rotatable bonds is 6. The van der Waals surface area contributed by atoms with Crippen molar-refractivity contribution in [3.63, 3.8) is 0 Å². The summed E-state index contributed by atoms with van der Waals surface area (Å²) in [5.41, 5.74) is -0.229. The minimum atomic E-state index is -0.749. The predicted molar refractivity (Wildman–Crippen MR) is 109 cm³/mol. The quantitative estimate of drug-likeness (QED) is 0.552. The molecule has 1 aliphatic heterocycles. The van der Waals surface area contributed by atoms with Crippen LogP contribution in [0.3, 0.4) is 0 Å². The molecule has 1 aromatic heterocycles. The van der Waals surface area contributed by atoms with Gasteiger partial charge in [-0.2, -0.15) is 4.98 Å². The average molecular weight is 415 g/mol. The number of nitrogens with zero attached hydrogens (tertiary/aromatic N) is 6. The summed E-state index contributed by atoms with van der Waals surface area (Å²) in [4.78, 5) is 45.8. The molecule has 1 aromatic carbocycles. The number of nitro groups is 2. The van der Waals surface area contributed by atoms with Gasteiger partial charge in [-0.25, -0.2) is 4.98 Å². The number of non-ortho nitro benzene ring substituents is 2. The van der Waals surface area contributed by atoms with Gasteiger partial charge in [-0.3, -0.25) is 25.0 Å². The van der Waals surface area contributed by atoms with Crippen molar-refractivity contribution in [3.8, 4) is 0 Å². The largest absolute Gasteiger partial charge is 0.354 e. The number of nitro benzene ring substituents is 2. The summed E-state index contributed by atoms with van der Waals surface area (Å²) in [5, 5.41) is 25.2. The Kier molecular flexibility index (Phi) is 6.04. The maximum Gasteiger partial charge on any atom is 0.277 e. The first kappa shape index (κ1) is 20.9. The van der Waals surface area contributed by atoms with Crippen molar-refractivity contribution >= 4 is 29.0 Å². The summed E-state index contributed by atoms with van der Waals surface area (Å²) in [6.07, 6.45) is 0. The number of benzene rings is 1. The van der Waals surface area contributed by atoms with E-state index in [0.717, 1.165) is 29.7 Å². The Balaban J connectivity index is 1.74. The zero-order valence-electron chi connectivity index (χ0n) is 16.6. The highest BCUT2D eigenvalue weighted by Crippen LogP contribution is 2.24. The normalized spacial score (nSPS) is 13.8. The number of hydrogen-bond donors (Lipinski definition) is 1. The van der Waals surface area contributed by atoms with Crippen LogP contribution in [0.5, 0.6) is 0 Å². The molecule has 1 aliphatic rings. The first-order valence-electron chi connectivity index (χ1n) is 9.36. The second kappa shape index (κ2) is 8.68. The number of hydrogen-bond acceptors (Lipinski definition) is 9. The zero-order valence-corrected chi connectivity index (χ0v) is 16.6. The number of carbonyl (C=O) groups is 1. The van der Waals surface area contributed by atoms with Crippen molar-refractivity contribution in [2.24, 2.45) is 0 Å². The molecule has 2 heterocycles. The number of anilines is 2. The number of amides is 1. The lowest BCUT2D eigenvalue weighted by atomic mass is 10.1. The minimum Gasteiger partial charge on any atom is -0.354 e. The van der Waals surface area contributed by atoms with E-state index in [4.69, 9.17) is 0 Å². The van der Waals surface area contributed by atoms with E-state index in [-0.39, 0.29) is 5.56 Å².